The second-order valence-corrected chi connectivity index (χ2v) is 10.1. The van der Waals surface area contributed by atoms with Gasteiger partial charge < -0.3 is 5.32 Å². The third-order valence-corrected chi connectivity index (χ3v) is 7.71. The summed E-state index contributed by atoms with van der Waals surface area (Å²) in [5, 5.41) is 5.02. The van der Waals surface area contributed by atoms with Crippen LogP contribution in [-0.2, 0) is 19.4 Å². The summed E-state index contributed by atoms with van der Waals surface area (Å²) in [4.78, 5) is 22.9. The Morgan fingerprint density at radius 3 is 2.73 bits per heavy atom. The molecule has 2 heterocycles. The molecule has 1 N–H and O–H groups in total. The summed E-state index contributed by atoms with van der Waals surface area (Å²) < 4.78 is 3.60. The standard InChI is InChI=1S/C26H37N5OS/c1-4-30-25(33-31(19(2)3)26(30)32)28-18-12-6-5-11-17-27-24-20-13-7-9-15-22(20)29-23-16-10-8-14-21(23)24/h7,9,13,15,19H,4-6,8,10-12,14,16-18H2,1-3H3,(H,27,29). The molecule has 1 aliphatic rings. The summed E-state index contributed by atoms with van der Waals surface area (Å²) in [6.45, 7) is 8.54. The van der Waals surface area contributed by atoms with E-state index in [2.05, 4.69) is 29.6 Å². The van der Waals surface area contributed by atoms with E-state index in [0.717, 1.165) is 55.5 Å². The molecule has 0 fully saturated rings. The van der Waals surface area contributed by atoms with Gasteiger partial charge in [-0.3, -0.25) is 14.5 Å². The molecule has 7 heteroatoms. The van der Waals surface area contributed by atoms with Gasteiger partial charge in [0.25, 0.3) is 0 Å². The quantitative estimate of drug-likeness (QED) is 0.411. The van der Waals surface area contributed by atoms with Crippen molar-refractivity contribution in [3.63, 3.8) is 0 Å². The van der Waals surface area contributed by atoms with Gasteiger partial charge >= 0.3 is 5.69 Å². The number of nitrogens with one attached hydrogen (secondary N) is 1. The number of unbranched alkanes of at least 4 members (excludes halogenated alkanes) is 3. The summed E-state index contributed by atoms with van der Waals surface area (Å²) in [6, 6.07) is 8.71. The van der Waals surface area contributed by atoms with Crippen molar-refractivity contribution in [2.24, 2.45) is 4.99 Å². The largest absolute Gasteiger partial charge is 0.384 e. The average molecular weight is 468 g/mol. The van der Waals surface area contributed by atoms with E-state index < -0.39 is 0 Å². The second-order valence-electron chi connectivity index (χ2n) is 9.18. The molecule has 0 amide bonds. The molecule has 0 aliphatic heterocycles. The molecule has 0 atom stereocenters. The van der Waals surface area contributed by atoms with Gasteiger partial charge in [0.15, 0.2) is 0 Å². The van der Waals surface area contributed by atoms with Crippen LogP contribution in [-0.4, -0.2) is 26.6 Å². The Labute approximate surface area is 200 Å². The first kappa shape index (κ1) is 23.7. The van der Waals surface area contributed by atoms with Crippen molar-refractivity contribution in [2.75, 3.05) is 18.4 Å². The third kappa shape index (κ3) is 5.40. The minimum absolute atomic E-state index is 0.0631. The Hall–Kier alpha value is -2.41. The highest BCUT2D eigenvalue weighted by Gasteiger charge is 2.17. The van der Waals surface area contributed by atoms with Gasteiger partial charge in [0.1, 0.15) is 0 Å². The van der Waals surface area contributed by atoms with E-state index in [9.17, 15) is 4.79 Å². The fraction of sp³-hybridized carbons (Fsp3) is 0.577. The number of hydrogen-bond acceptors (Lipinski definition) is 5. The fourth-order valence-electron chi connectivity index (χ4n) is 4.64. The van der Waals surface area contributed by atoms with Crippen LogP contribution in [0.1, 0.15) is 76.6 Å². The molecule has 0 saturated carbocycles. The Balaban J connectivity index is 1.28. The molecule has 0 bridgehead atoms. The maximum Gasteiger partial charge on any atom is 0.340 e. The molecule has 33 heavy (non-hydrogen) atoms. The molecule has 0 radical (unpaired) electrons. The van der Waals surface area contributed by atoms with Gasteiger partial charge in [0.05, 0.1) is 5.52 Å². The van der Waals surface area contributed by atoms with E-state index in [4.69, 9.17) is 9.98 Å². The maximum absolute atomic E-state index is 12.4. The van der Waals surface area contributed by atoms with Gasteiger partial charge in [-0.15, -0.1) is 0 Å². The zero-order valence-corrected chi connectivity index (χ0v) is 21.1. The van der Waals surface area contributed by atoms with Crippen LogP contribution in [0, 0.1) is 0 Å². The van der Waals surface area contributed by atoms with Crippen molar-refractivity contribution in [3.8, 4) is 0 Å². The third-order valence-electron chi connectivity index (χ3n) is 6.42. The number of hydrogen-bond donors (Lipinski definition) is 1. The highest BCUT2D eigenvalue weighted by molar-refractivity contribution is 7.03. The van der Waals surface area contributed by atoms with E-state index in [1.54, 1.807) is 4.57 Å². The molecule has 1 aliphatic carbocycles. The van der Waals surface area contributed by atoms with Gasteiger partial charge in [-0.1, -0.05) is 31.0 Å². The number of nitrogens with zero attached hydrogens (tertiary/aromatic N) is 4. The van der Waals surface area contributed by atoms with Crippen LogP contribution in [0.5, 0.6) is 0 Å². The SMILES string of the molecule is CCn1c(=NCCCCCCNc2c3c(nc4ccccc24)CCCC3)sn(C(C)C)c1=O. The first-order valence-corrected chi connectivity index (χ1v) is 13.3. The van der Waals surface area contributed by atoms with E-state index in [0.29, 0.717) is 6.54 Å². The number of aromatic nitrogens is 3. The van der Waals surface area contributed by atoms with Crippen molar-refractivity contribution >= 4 is 28.1 Å². The number of anilines is 1. The molecule has 2 aromatic heterocycles. The van der Waals surface area contributed by atoms with Gasteiger partial charge in [-0.25, -0.2) is 8.75 Å². The van der Waals surface area contributed by atoms with Crippen molar-refractivity contribution in [3.05, 3.63) is 50.8 Å². The van der Waals surface area contributed by atoms with Gasteiger partial charge in [0.2, 0.25) is 4.80 Å². The predicted octanol–water partition coefficient (Wildman–Crippen LogP) is 5.31. The number of rotatable bonds is 10. The van der Waals surface area contributed by atoms with Crippen LogP contribution >= 0.6 is 11.5 Å². The van der Waals surface area contributed by atoms with E-state index in [1.807, 2.05) is 24.7 Å². The van der Waals surface area contributed by atoms with Crippen molar-refractivity contribution in [1.82, 2.24) is 13.5 Å². The topological polar surface area (TPSA) is 64.2 Å². The fourth-order valence-corrected chi connectivity index (χ4v) is 5.66. The molecule has 3 aromatic rings. The lowest BCUT2D eigenvalue weighted by atomic mass is 9.92. The highest BCUT2D eigenvalue weighted by atomic mass is 32.1. The van der Waals surface area contributed by atoms with Crippen LogP contribution in [0.3, 0.4) is 0 Å². The summed E-state index contributed by atoms with van der Waals surface area (Å²) in [5.41, 5.74) is 5.23. The number of para-hydroxylation sites is 1. The zero-order valence-electron chi connectivity index (χ0n) is 20.3. The first-order chi connectivity index (χ1) is 16.1. The molecule has 0 saturated heterocycles. The van der Waals surface area contributed by atoms with Crippen molar-refractivity contribution < 1.29 is 0 Å². The normalized spacial score (nSPS) is 14.2. The Kier molecular flexibility index (Phi) is 8.02. The van der Waals surface area contributed by atoms with Crippen LogP contribution in [0.4, 0.5) is 5.69 Å². The smallest absolute Gasteiger partial charge is 0.340 e. The lowest BCUT2D eigenvalue weighted by Gasteiger charge is -2.21. The van der Waals surface area contributed by atoms with Gasteiger partial charge in [0, 0.05) is 42.4 Å². The number of fused-ring (bicyclic) bond motifs is 2. The Bertz CT molecular complexity index is 1200. The summed E-state index contributed by atoms with van der Waals surface area (Å²) in [6.07, 6.45) is 9.31. The Morgan fingerprint density at radius 2 is 1.91 bits per heavy atom. The minimum atomic E-state index is 0.0631. The second kappa shape index (κ2) is 11.1. The maximum atomic E-state index is 12.4. The van der Waals surface area contributed by atoms with Gasteiger partial charge in [-0.05, 0) is 82.5 Å². The van der Waals surface area contributed by atoms with Crippen LogP contribution < -0.4 is 15.8 Å². The summed E-state index contributed by atoms with van der Waals surface area (Å²) in [5.74, 6) is 0. The van der Waals surface area contributed by atoms with E-state index >= 15 is 0 Å². The molecule has 0 spiro atoms. The number of pyridine rings is 1. The average Bonchev–Trinajstić information content (AvgIpc) is 3.15. The molecule has 178 valence electrons. The molecular weight excluding hydrogens is 430 g/mol. The lowest BCUT2D eigenvalue weighted by molar-refractivity contribution is 0.577. The van der Waals surface area contributed by atoms with Gasteiger partial charge in [-0.2, -0.15) is 0 Å². The van der Waals surface area contributed by atoms with Crippen LogP contribution in [0.25, 0.3) is 10.9 Å². The van der Waals surface area contributed by atoms with Crippen molar-refractivity contribution in [1.29, 1.82) is 0 Å². The molecule has 1 aromatic carbocycles. The Morgan fingerprint density at radius 1 is 1.12 bits per heavy atom. The molecule has 0 unspecified atom stereocenters. The molecule has 4 rings (SSSR count). The number of benzene rings is 1. The van der Waals surface area contributed by atoms with Crippen LogP contribution in [0.15, 0.2) is 34.1 Å². The van der Waals surface area contributed by atoms with E-state index in [1.165, 1.54) is 53.1 Å². The first-order valence-electron chi connectivity index (χ1n) is 12.6. The summed E-state index contributed by atoms with van der Waals surface area (Å²) in [7, 11) is 0. The van der Waals surface area contributed by atoms with E-state index in [-0.39, 0.29) is 11.7 Å². The molecular formula is C26H37N5OS. The lowest BCUT2D eigenvalue weighted by Crippen LogP contribution is -2.29. The summed E-state index contributed by atoms with van der Waals surface area (Å²) >= 11 is 1.49. The molecule has 6 nitrogen and oxygen atoms in total. The van der Waals surface area contributed by atoms with Crippen molar-refractivity contribution in [2.45, 2.75) is 84.7 Å². The predicted molar refractivity (Wildman–Crippen MR) is 138 cm³/mol. The van der Waals surface area contributed by atoms with Crippen LogP contribution in [0.2, 0.25) is 0 Å². The zero-order chi connectivity index (χ0) is 23.2. The minimum Gasteiger partial charge on any atom is -0.384 e. The highest BCUT2D eigenvalue weighted by Crippen LogP contribution is 2.33. The number of aryl methyl sites for hydroxylation is 1. The monoisotopic (exact) mass is 467 g/mol.